The maximum absolute atomic E-state index is 12.0. The molecule has 0 spiro atoms. The van der Waals surface area contributed by atoms with E-state index in [-0.39, 0.29) is 5.56 Å². The number of unbranched alkanes of at least 4 members (excludes halogenated alkanes) is 1. The van der Waals surface area contributed by atoms with Crippen molar-refractivity contribution in [2.45, 2.75) is 19.8 Å². The number of nitrogens with one attached hydrogen (secondary N) is 1. The van der Waals surface area contributed by atoms with Gasteiger partial charge in [0, 0.05) is 10.8 Å². The van der Waals surface area contributed by atoms with Crippen LogP contribution in [0, 0.1) is 0 Å². The number of carbonyl (C=O) groups is 1. The molecule has 0 saturated carbocycles. The second kappa shape index (κ2) is 5.56. The number of fused-ring (bicyclic) bond motifs is 1. The molecule has 0 unspecified atom stereocenters. The molecule has 5 heteroatoms. The van der Waals surface area contributed by atoms with Crippen LogP contribution in [-0.2, 0) is 4.74 Å². The van der Waals surface area contributed by atoms with Gasteiger partial charge in [0.15, 0.2) is 0 Å². The third-order valence-corrected chi connectivity index (χ3v) is 2.84. The van der Waals surface area contributed by atoms with Gasteiger partial charge in [-0.05, 0) is 12.5 Å². The molecule has 0 saturated heterocycles. The number of hydrogen-bond donors (Lipinski definition) is 2. The van der Waals surface area contributed by atoms with E-state index in [0.29, 0.717) is 17.4 Å². The van der Waals surface area contributed by atoms with Crippen molar-refractivity contribution in [2.24, 2.45) is 0 Å². The van der Waals surface area contributed by atoms with Crippen LogP contribution in [0.3, 0.4) is 0 Å². The van der Waals surface area contributed by atoms with Gasteiger partial charge in [-0.2, -0.15) is 0 Å². The minimum Gasteiger partial charge on any atom is -0.494 e. The van der Waals surface area contributed by atoms with Crippen LogP contribution in [0.25, 0.3) is 10.8 Å². The Morgan fingerprint density at radius 1 is 1.32 bits per heavy atom. The summed E-state index contributed by atoms with van der Waals surface area (Å²) in [4.78, 5) is 25.9. The Morgan fingerprint density at radius 3 is 2.68 bits per heavy atom. The molecule has 0 bridgehead atoms. The second-order valence-electron chi connectivity index (χ2n) is 4.21. The fourth-order valence-corrected chi connectivity index (χ4v) is 1.85. The van der Waals surface area contributed by atoms with E-state index in [1.807, 2.05) is 6.92 Å². The van der Waals surface area contributed by atoms with Crippen LogP contribution in [0.15, 0.2) is 29.1 Å². The van der Waals surface area contributed by atoms with Gasteiger partial charge < -0.3 is 9.84 Å². The number of hydrogen-bond acceptors (Lipinski definition) is 4. The molecule has 2 rings (SSSR count). The van der Waals surface area contributed by atoms with Gasteiger partial charge in [-0.15, -0.1) is 0 Å². The molecule has 100 valence electrons. The highest BCUT2D eigenvalue weighted by molar-refractivity contribution is 6.06. The predicted molar refractivity (Wildman–Crippen MR) is 71.4 cm³/mol. The Bertz CT molecular complexity index is 660. The number of aromatic nitrogens is 1. The fourth-order valence-electron chi connectivity index (χ4n) is 1.85. The number of H-pyrrole nitrogens is 1. The Kier molecular flexibility index (Phi) is 3.85. The zero-order valence-electron chi connectivity index (χ0n) is 10.6. The summed E-state index contributed by atoms with van der Waals surface area (Å²) in [6, 6.07) is 6.60. The standard InChI is InChI=1S/C14H15NO4/c1-2-3-8-19-14(18)11-9-6-4-5-7-10(9)12(16)15-13(11)17/h4-7H,2-3,8H2,1H3,(H2,15,16,17). The van der Waals surface area contributed by atoms with Crippen molar-refractivity contribution in [3.63, 3.8) is 0 Å². The molecule has 0 aliphatic rings. The van der Waals surface area contributed by atoms with E-state index >= 15 is 0 Å². The predicted octanol–water partition coefficient (Wildman–Crippen LogP) is 2.19. The van der Waals surface area contributed by atoms with Gasteiger partial charge in [0.25, 0.3) is 5.56 Å². The molecule has 0 aliphatic heterocycles. The number of carbonyl (C=O) groups excluding carboxylic acids is 1. The smallest absolute Gasteiger partial charge is 0.344 e. The Balaban J connectivity index is 2.48. The third-order valence-electron chi connectivity index (χ3n) is 2.84. The first-order chi connectivity index (χ1) is 9.15. The van der Waals surface area contributed by atoms with Crippen molar-refractivity contribution in [3.05, 3.63) is 40.2 Å². The van der Waals surface area contributed by atoms with Crippen molar-refractivity contribution in [1.82, 2.24) is 4.98 Å². The number of benzene rings is 1. The van der Waals surface area contributed by atoms with Crippen molar-refractivity contribution in [1.29, 1.82) is 0 Å². The normalized spacial score (nSPS) is 10.6. The van der Waals surface area contributed by atoms with Crippen LogP contribution in [0.2, 0.25) is 0 Å². The number of aromatic amines is 1. The summed E-state index contributed by atoms with van der Waals surface area (Å²) in [5.74, 6) is -1.08. The SMILES string of the molecule is CCCCOC(=O)c1c(O)[nH]c(=O)c2ccccc12. The highest BCUT2D eigenvalue weighted by atomic mass is 16.5. The van der Waals surface area contributed by atoms with Gasteiger partial charge in [-0.25, -0.2) is 4.79 Å². The minimum atomic E-state index is -0.626. The summed E-state index contributed by atoms with van der Waals surface area (Å²) in [6.07, 6.45) is 1.67. The zero-order valence-corrected chi connectivity index (χ0v) is 10.6. The summed E-state index contributed by atoms with van der Waals surface area (Å²) in [5, 5.41) is 10.5. The number of esters is 1. The molecule has 19 heavy (non-hydrogen) atoms. The van der Waals surface area contributed by atoms with Crippen LogP contribution in [0.4, 0.5) is 0 Å². The lowest BCUT2D eigenvalue weighted by atomic mass is 10.1. The average molecular weight is 261 g/mol. The molecule has 0 radical (unpaired) electrons. The van der Waals surface area contributed by atoms with E-state index in [4.69, 9.17) is 4.74 Å². The summed E-state index contributed by atoms with van der Waals surface area (Å²) in [6.45, 7) is 2.28. The third kappa shape index (κ3) is 2.59. The topological polar surface area (TPSA) is 79.4 Å². The molecule has 1 heterocycles. The number of rotatable bonds is 4. The van der Waals surface area contributed by atoms with E-state index < -0.39 is 17.4 Å². The lowest BCUT2D eigenvalue weighted by Crippen LogP contribution is -2.13. The van der Waals surface area contributed by atoms with E-state index in [1.165, 1.54) is 0 Å². The van der Waals surface area contributed by atoms with Crippen LogP contribution in [-0.4, -0.2) is 22.7 Å². The summed E-state index contributed by atoms with van der Waals surface area (Å²) in [7, 11) is 0. The molecule has 0 atom stereocenters. The Hall–Kier alpha value is -2.30. The quantitative estimate of drug-likeness (QED) is 0.653. The van der Waals surface area contributed by atoms with Gasteiger partial charge in [-0.3, -0.25) is 9.78 Å². The van der Waals surface area contributed by atoms with Crippen LogP contribution >= 0.6 is 0 Å². The first-order valence-electron chi connectivity index (χ1n) is 6.16. The maximum Gasteiger partial charge on any atom is 0.344 e. The molecule has 0 fully saturated rings. The Morgan fingerprint density at radius 2 is 2.00 bits per heavy atom. The summed E-state index contributed by atoms with van der Waals surface area (Å²) >= 11 is 0. The number of pyridine rings is 1. The fraction of sp³-hybridized carbons (Fsp3) is 0.286. The molecular formula is C14H15NO4. The lowest BCUT2D eigenvalue weighted by Gasteiger charge is -2.08. The van der Waals surface area contributed by atoms with Gasteiger partial charge in [0.05, 0.1) is 6.61 Å². The van der Waals surface area contributed by atoms with Crippen molar-refractivity contribution in [3.8, 4) is 5.88 Å². The number of aromatic hydroxyl groups is 1. The molecule has 2 aromatic rings. The largest absolute Gasteiger partial charge is 0.494 e. The molecular weight excluding hydrogens is 246 g/mol. The monoisotopic (exact) mass is 261 g/mol. The zero-order chi connectivity index (χ0) is 13.8. The number of ether oxygens (including phenoxy) is 1. The van der Waals surface area contributed by atoms with Crippen LogP contribution in [0.5, 0.6) is 5.88 Å². The van der Waals surface area contributed by atoms with E-state index in [0.717, 1.165) is 12.8 Å². The molecule has 2 N–H and O–H groups in total. The van der Waals surface area contributed by atoms with Gasteiger partial charge in [0.2, 0.25) is 5.88 Å². The Labute approximate surface area is 109 Å². The highest BCUT2D eigenvalue weighted by Gasteiger charge is 2.18. The summed E-state index contributed by atoms with van der Waals surface area (Å²) in [5.41, 5.74) is -0.426. The first kappa shape index (κ1) is 13.1. The summed E-state index contributed by atoms with van der Waals surface area (Å²) < 4.78 is 5.08. The van der Waals surface area contributed by atoms with Gasteiger partial charge >= 0.3 is 5.97 Å². The highest BCUT2D eigenvalue weighted by Crippen LogP contribution is 2.23. The van der Waals surface area contributed by atoms with Crippen LogP contribution < -0.4 is 5.56 Å². The molecule has 0 amide bonds. The molecule has 0 aliphatic carbocycles. The van der Waals surface area contributed by atoms with E-state index in [2.05, 4.69) is 4.98 Å². The van der Waals surface area contributed by atoms with Crippen molar-refractivity contribution >= 4 is 16.7 Å². The molecule has 1 aromatic carbocycles. The van der Waals surface area contributed by atoms with Crippen molar-refractivity contribution in [2.75, 3.05) is 6.61 Å². The van der Waals surface area contributed by atoms with Crippen LogP contribution in [0.1, 0.15) is 30.1 Å². The lowest BCUT2D eigenvalue weighted by molar-refractivity contribution is 0.0498. The molecule has 5 nitrogen and oxygen atoms in total. The van der Waals surface area contributed by atoms with Crippen molar-refractivity contribution < 1.29 is 14.6 Å². The second-order valence-corrected chi connectivity index (χ2v) is 4.21. The van der Waals surface area contributed by atoms with Gasteiger partial charge in [0.1, 0.15) is 5.56 Å². The van der Waals surface area contributed by atoms with E-state index in [9.17, 15) is 14.7 Å². The molecule has 1 aromatic heterocycles. The van der Waals surface area contributed by atoms with Gasteiger partial charge in [-0.1, -0.05) is 31.5 Å². The first-order valence-corrected chi connectivity index (χ1v) is 6.16. The average Bonchev–Trinajstić information content (AvgIpc) is 2.39. The minimum absolute atomic E-state index is 0.00584. The maximum atomic E-state index is 12.0. The van der Waals surface area contributed by atoms with E-state index in [1.54, 1.807) is 24.3 Å².